The van der Waals surface area contributed by atoms with Crippen LogP contribution in [0.3, 0.4) is 0 Å². The largest absolute Gasteiger partial charge is 0.462 e. The Balaban J connectivity index is 1.79. The van der Waals surface area contributed by atoms with Crippen molar-refractivity contribution in [2.45, 2.75) is 20.3 Å². The zero-order valence-electron chi connectivity index (χ0n) is 16.3. The highest BCUT2D eigenvalue weighted by molar-refractivity contribution is 6.03. The van der Waals surface area contributed by atoms with Crippen molar-refractivity contribution in [1.29, 1.82) is 0 Å². The molecule has 0 fully saturated rings. The first-order valence-electron chi connectivity index (χ1n) is 9.42. The summed E-state index contributed by atoms with van der Waals surface area (Å²) in [4.78, 5) is 39.6. The number of carbonyl (C=O) groups is 2. The van der Waals surface area contributed by atoms with Gasteiger partial charge in [0.25, 0.3) is 0 Å². The number of rotatable bonds is 6. The summed E-state index contributed by atoms with van der Waals surface area (Å²) in [6, 6.07) is 12.9. The Kier molecular flexibility index (Phi) is 6.24. The fraction of sp³-hybridized carbons (Fsp3) is 0.174. The van der Waals surface area contributed by atoms with Crippen LogP contribution < -0.4 is 10.7 Å². The van der Waals surface area contributed by atoms with Crippen molar-refractivity contribution in [2.24, 2.45) is 0 Å². The predicted octanol–water partition coefficient (Wildman–Crippen LogP) is 3.92. The number of carbonyl (C=O) groups excluding carboxylic acids is 2. The quantitative estimate of drug-likeness (QED) is 0.493. The number of aromatic nitrogens is 1. The Labute approximate surface area is 168 Å². The van der Waals surface area contributed by atoms with Gasteiger partial charge in [-0.25, -0.2) is 4.79 Å². The zero-order valence-corrected chi connectivity index (χ0v) is 16.3. The van der Waals surface area contributed by atoms with E-state index in [-0.39, 0.29) is 18.1 Å². The Morgan fingerprint density at radius 1 is 1.10 bits per heavy atom. The van der Waals surface area contributed by atoms with Gasteiger partial charge in [-0.2, -0.15) is 0 Å². The monoisotopic (exact) mass is 390 g/mol. The molecule has 0 saturated heterocycles. The van der Waals surface area contributed by atoms with Crippen LogP contribution in [-0.2, 0) is 16.0 Å². The molecule has 1 amide bonds. The SMILES string of the molecule is CCOC(=O)c1c[nH]c2ccc(NC(=O)/C=C/c3ccc(CC)cc3)cc2c1=O. The number of aromatic amines is 1. The molecule has 0 aliphatic carbocycles. The number of ether oxygens (including phenoxy) is 1. The summed E-state index contributed by atoms with van der Waals surface area (Å²) < 4.78 is 4.90. The molecule has 148 valence electrons. The molecule has 2 aromatic carbocycles. The van der Waals surface area contributed by atoms with E-state index in [2.05, 4.69) is 17.2 Å². The van der Waals surface area contributed by atoms with Gasteiger partial charge in [-0.15, -0.1) is 0 Å². The lowest BCUT2D eigenvalue weighted by Crippen LogP contribution is -2.18. The third-order valence-electron chi connectivity index (χ3n) is 4.46. The Morgan fingerprint density at radius 3 is 2.55 bits per heavy atom. The second-order valence-corrected chi connectivity index (χ2v) is 6.43. The fourth-order valence-corrected chi connectivity index (χ4v) is 2.88. The van der Waals surface area contributed by atoms with Crippen molar-refractivity contribution in [1.82, 2.24) is 4.98 Å². The molecule has 29 heavy (non-hydrogen) atoms. The van der Waals surface area contributed by atoms with Gasteiger partial charge in [0.05, 0.1) is 6.61 Å². The number of aryl methyl sites for hydroxylation is 1. The summed E-state index contributed by atoms with van der Waals surface area (Å²) in [5.74, 6) is -0.996. The third-order valence-corrected chi connectivity index (χ3v) is 4.46. The number of hydrogen-bond donors (Lipinski definition) is 2. The Morgan fingerprint density at radius 2 is 1.86 bits per heavy atom. The minimum absolute atomic E-state index is 0.0711. The van der Waals surface area contributed by atoms with Crippen LogP contribution in [0, 0.1) is 0 Å². The summed E-state index contributed by atoms with van der Waals surface area (Å²) in [6.45, 7) is 3.94. The molecule has 0 atom stereocenters. The highest BCUT2D eigenvalue weighted by Gasteiger charge is 2.14. The normalized spacial score (nSPS) is 11.0. The number of benzene rings is 2. The summed E-state index contributed by atoms with van der Waals surface area (Å²) in [5, 5.41) is 3.03. The molecule has 0 aliphatic heterocycles. The van der Waals surface area contributed by atoms with Crippen molar-refractivity contribution in [2.75, 3.05) is 11.9 Å². The molecule has 0 unspecified atom stereocenters. The first kappa shape index (κ1) is 20.1. The lowest BCUT2D eigenvalue weighted by molar-refractivity contribution is -0.111. The van der Waals surface area contributed by atoms with E-state index in [9.17, 15) is 14.4 Å². The smallest absolute Gasteiger partial charge is 0.343 e. The van der Waals surface area contributed by atoms with Crippen molar-refractivity contribution in [3.8, 4) is 0 Å². The van der Waals surface area contributed by atoms with E-state index in [0.29, 0.717) is 16.6 Å². The minimum atomic E-state index is -0.679. The summed E-state index contributed by atoms with van der Waals surface area (Å²) in [7, 11) is 0. The number of pyridine rings is 1. The van der Waals surface area contributed by atoms with Crippen LogP contribution in [0.5, 0.6) is 0 Å². The van der Waals surface area contributed by atoms with Gasteiger partial charge >= 0.3 is 5.97 Å². The van der Waals surface area contributed by atoms with Gasteiger partial charge in [0.15, 0.2) is 0 Å². The number of esters is 1. The van der Waals surface area contributed by atoms with Crippen molar-refractivity contribution in [3.63, 3.8) is 0 Å². The summed E-state index contributed by atoms with van der Waals surface area (Å²) in [6.07, 6.45) is 5.46. The molecule has 6 nitrogen and oxygen atoms in total. The van der Waals surface area contributed by atoms with Crippen LogP contribution in [0.2, 0.25) is 0 Å². The molecule has 0 saturated carbocycles. The topological polar surface area (TPSA) is 88.3 Å². The van der Waals surface area contributed by atoms with Crippen LogP contribution in [0.15, 0.2) is 59.5 Å². The predicted molar refractivity (Wildman–Crippen MR) is 114 cm³/mol. The van der Waals surface area contributed by atoms with E-state index < -0.39 is 11.4 Å². The van der Waals surface area contributed by atoms with Gasteiger partial charge in [0.1, 0.15) is 5.56 Å². The average Bonchev–Trinajstić information content (AvgIpc) is 2.73. The standard InChI is InChI=1S/C23H22N2O4/c1-3-15-5-7-16(8-6-15)9-12-21(26)25-17-10-11-20-18(13-17)22(27)19(14-24-20)23(28)29-4-2/h5-14H,3-4H2,1-2H3,(H,24,27)(H,25,26)/b12-9+. The molecule has 1 heterocycles. The molecule has 3 rings (SSSR count). The molecule has 6 heteroatoms. The number of hydrogen-bond acceptors (Lipinski definition) is 4. The molecular formula is C23H22N2O4. The second kappa shape index (κ2) is 9.01. The maximum atomic E-state index is 12.6. The van der Waals surface area contributed by atoms with Crippen molar-refractivity contribution >= 4 is 34.5 Å². The van der Waals surface area contributed by atoms with Crippen LogP contribution >= 0.6 is 0 Å². The summed E-state index contributed by atoms with van der Waals surface area (Å²) in [5.41, 5.74) is 2.66. The van der Waals surface area contributed by atoms with Gasteiger partial charge in [-0.05, 0) is 48.7 Å². The van der Waals surface area contributed by atoms with E-state index in [1.807, 2.05) is 24.3 Å². The van der Waals surface area contributed by atoms with Gasteiger partial charge in [-0.3, -0.25) is 9.59 Å². The number of anilines is 1. The molecule has 2 N–H and O–H groups in total. The van der Waals surface area contributed by atoms with E-state index in [4.69, 9.17) is 4.74 Å². The maximum Gasteiger partial charge on any atom is 0.343 e. The molecule has 0 aliphatic rings. The molecular weight excluding hydrogens is 368 g/mol. The highest BCUT2D eigenvalue weighted by atomic mass is 16.5. The first-order chi connectivity index (χ1) is 14.0. The number of H-pyrrole nitrogens is 1. The zero-order chi connectivity index (χ0) is 20.8. The lowest BCUT2D eigenvalue weighted by atomic mass is 10.1. The van der Waals surface area contributed by atoms with Crippen molar-refractivity contribution in [3.05, 3.63) is 81.7 Å². The molecule has 3 aromatic rings. The average molecular weight is 390 g/mol. The number of amides is 1. The van der Waals surface area contributed by atoms with Gasteiger partial charge in [0, 0.05) is 28.9 Å². The maximum absolute atomic E-state index is 12.6. The second-order valence-electron chi connectivity index (χ2n) is 6.43. The van der Waals surface area contributed by atoms with Crippen LogP contribution in [0.1, 0.15) is 35.3 Å². The van der Waals surface area contributed by atoms with E-state index in [0.717, 1.165) is 12.0 Å². The molecule has 1 aromatic heterocycles. The molecule has 0 spiro atoms. The third kappa shape index (κ3) is 4.79. The van der Waals surface area contributed by atoms with E-state index in [1.165, 1.54) is 17.8 Å². The van der Waals surface area contributed by atoms with Gasteiger partial charge < -0.3 is 15.0 Å². The summed E-state index contributed by atoms with van der Waals surface area (Å²) >= 11 is 0. The number of fused-ring (bicyclic) bond motifs is 1. The van der Waals surface area contributed by atoms with Crippen LogP contribution in [0.25, 0.3) is 17.0 Å². The Hall–Kier alpha value is -3.67. The first-order valence-corrected chi connectivity index (χ1v) is 9.42. The number of nitrogens with one attached hydrogen (secondary N) is 2. The van der Waals surface area contributed by atoms with Crippen LogP contribution in [0.4, 0.5) is 5.69 Å². The fourth-order valence-electron chi connectivity index (χ4n) is 2.88. The molecule has 0 radical (unpaired) electrons. The Bertz CT molecular complexity index is 1130. The van der Waals surface area contributed by atoms with Crippen molar-refractivity contribution < 1.29 is 14.3 Å². The minimum Gasteiger partial charge on any atom is -0.462 e. The lowest BCUT2D eigenvalue weighted by Gasteiger charge is -2.06. The van der Waals surface area contributed by atoms with E-state index >= 15 is 0 Å². The highest BCUT2D eigenvalue weighted by Crippen LogP contribution is 2.16. The van der Waals surface area contributed by atoms with E-state index in [1.54, 1.807) is 31.2 Å². The van der Waals surface area contributed by atoms with Gasteiger partial charge in [-0.1, -0.05) is 31.2 Å². The molecule has 0 bridgehead atoms. The van der Waals surface area contributed by atoms with Gasteiger partial charge in [0.2, 0.25) is 11.3 Å². The van der Waals surface area contributed by atoms with Crippen LogP contribution in [-0.4, -0.2) is 23.5 Å².